The Morgan fingerprint density at radius 3 is 2.76 bits per heavy atom. The van der Waals surface area contributed by atoms with Gasteiger partial charge in [-0.3, -0.25) is 9.80 Å². The highest BCUT2D eigenvalue weighted by Crippen LogP contribution is 2.38. The highest BCUT2D eigenvalue weighted by Gasteiger charge is 2.29. The first-order valence-corrected chi connectivity index (χ1v) is 7.81. The van der Waals surface area contributed by atoms with Crippen molar-refractivity contribution in [2.75, 3.05) is 52.5 Å². The number of aliphatic hydroxyl groups excluding tert-OH is 1. The molecule has 0 unspecified atom stereocenters. The van der Waals surface area contributed by atoms with Gasteiger partial charge in [-0.15, -0.1) is 0 Å². The third-order valence-electron chi connectivity index (χ3n) is 4.04. The van der Waals surface area contributed by atoms with Crippen molar-refractivity contribution in [2.24, 2.45) is 0 Å². The van der Waals surface area contributed by atoms with E-state index in [0.717, 1.165) is 45.2 Å². The van der Waals surface area contributed by atoms with Crippen LogP contribution >= 0.6 is 0 Å². The van der Waals surface area contributed by atoms with E-state index in [2.05, 4.69) is 19.9 Å². The molecule has 118 valence electrons. The topological polar surface area (TPSA) is 74.9 Å². The molecule has 0 radical (unpaired) electrons. The summed E-state index contributed by atoms with van der Waals surface area (Å²) >= 11 is 0. The van der Waals surface area contributed by atoms with Crippen molar-refractivity contribution >= 4 is 0 Å². The Kier molecular flexibility index (Phi) is 5.18. The minimum absolute atomic E-state index is 0.146. The Hall–Kier alpha value is -1.02. The number of rotatable bonds is 8. The van der Waals surface area contributed by atoms with Crippen LogP contribution in [-0.2, 0) is 11.3 Å². The van der Waals surface area contributed by atoms with Crippen LogP contribution in [-0.4, -0.2) is 77.6 Å². The summed E-state index contributed by atoms with van der Waals surface area (Å²) in [5, 5.41) is 13.3. The summed E-state index contributed by atoms with van der Waals surface area (Å²) in [6.07, 6.45) is 2.35. The van der Waals surface area contributed by atoms with Gasteiger partial charge in [0.2, 0.25) is 5.89 Å². The monoisotopic (exact) mass is 296 g/mol. The Balaban J connectivity index is 1.47. The molecule has 1 saturated carbocycles. The molecule has 1 aromatic rings. The highest BCUT2D eigenvalue weighted by atomic mass is 16.5. The number of ether oxygens (including phenoxy) is 1. The molecule has 0 atom stereocenters. The third kappa shape index (κ3) is 4.47. The number of aliphatic hydroxyl groups is 1. The standard InChI is InChI=1S/C14H24N4O3/c19-8-5-18(4-3-17-6-9-20-10-7-17)11-13-15-14(16-21-13)12-1-2-12/h12,19H,1-11H2. The Bertz CT molecular complexity index is 430. The minimum atomic E-state index is 0.146. The van der Waals surface area contributed by atoms with E-state index in [9.17, 15) is 5.11 Å². The van der Waals surface area contributed by atoms with E-state index in [4.69, 9.17) is 9.26 Å². The van der Waals surface area contributed by atoms with E-state index in [1.165, 1.54) is 12.8 Å². The molecule has 1 aliphatic carbocycles. The minimum Gasteiger partial charge on any atom is -0.395 e. The lowest BCUT2D eigenvalue weighted by molar-refractivity contribution is 0.0314. The fourth-order valence-electron chi connectivity index (χ4n) is 2.55. The molecule has 3 rings (SSSR count). The van der Waals surface area contributed by atoms with Crippen molar-refractivity contribution in [2.45, 2.75) is 25.3 Å². The first-order chi connectivity index (χ1) is 10.3. The van der Waals surface area contributed by atoms with E-state index >= 15 is 0 Å². The quantitative estimate of drug-likeness (QED) is 0.728. The molecule has 2 fully saturated rings. The summed E-state index contributed by atoms with van der Waals surface area (Å²) in [7, 11) is 0. The molecule has 1 aliphatic heterocycles. The molecule has 2 heterocycles. The molecule has 1 aromatic heterocycles. The van der Waals surface area contributed by atoms with Gasteiger partial charge in [-0.25, -0.2) is 0 Å². The van der Waals surface area contributed by atoms with Gasteiger partial charge >= 0.3 is 0 Å². The summed E-state index contributed by atoms with van der Waals surface area (Å²) in [6.45, 7) is 6.86. The van der Waals surface area contributed by atoms with Crippen LogP contribution in [0.5, 0.6) is 0 Å². The Morgan fingerprint density at radius 2 is 2.05 bits per heavy atom. The van der Waals surface area contributed by atoms with E-state index in [-0.39, 0.29) is 6.61 Å². The average Bonchev–Trinajstić information content (AvgIpc) is 3.26. The molecule has 0 bridgehead atoms. The van der Waals surface area contributed by atoms with Crippen molar-refractivity contribution in [1.82, 2.24) is 19.9 Å². The van der Waals surface area contributed by atoms with Crippen LogP contribution in [0, 0.1) is 0 Å². The molecule has 1 saturated heterocycles. The molecule has 2 aliphatic rings. The van der Waals surface area contributed by atoms with E-state index < -0.39 is 0 Å². The third-order valence-corrected chi connectivity index (χ3v) is 4.04. The van der Waals surface area contributed by atoms with Gasteiger partial charge < -0.3 is 14.4 Å². The lowest BCUT2D eigenvalue weighted by Gasteiger charge is -2.29. The van der Waals surface area contributed by atoms with Gasteiger partial charge in [0, 0.05) is 38.6 Å². The number of hydrogen-bond acceptors (Lipinski definition) is 7. The van der Waals surface area contributed by atoms with Gasteiger partial charge in [0.25, 0.3) is 0 Å². The lowest BCUT2D eigenvalue weighted by Crippen LogP contribution is -2.41. The van der Waals surface area contributed by atoms with Gasteiger partial charge in [-0.05, 0) is 12.8 Å². The second-order valence-electron chi connectivity index (χ2n) is 5.77. The maximum atomic E-state index is 9.21. The second kappa shape index (κ2) is 7.31. The molecular formula is C14H24N4O3. The number of hydrogen-bond donors (Lipinski definition) is 1. The maximum Gasteiger partial charge on any atom is 0.240 e. The molecule has 1 N–H and O–H groups in total. The summed E-state index contributed by atoms with van der Waals surface area (Å²) in [5.41, 5.74) is 0. The molecule has 0 amide bonds. The molecular weight excluding hydrogens is 272 g/mol. The van der Waals surface area contributed by atoms with Crippen molar-refractivity contribution in [3.05, 3.63) is 11.7 Å². The van der Waals surface area contributed by atoms with Crippen LogP contribution in [0.1, 0.15) is 30.5 Å². The van der Waals surface area contributed by atoms with Crippen LogP contribution < -0.4 is 0 Å². The van der Waals surface area contributed by atoms with Gasteiger partial charge in [-0.1, -0.05) is 5.16 Å². The fraction of sp³-hybridized carbons (Fsp3) is 0.857. The highest BCUT2D eigenvalue weighted by molar-refractivity contribution is 5.03. The second-order valence-corrected chi connectivity index (χ2v) is 5.77. The SMILES string of the molecule is OCCN(CCN1CCOCC1)Cc1nc(C2CC2)no1. The number of morpholine rings is 1. The zero-order valence-corrected chi connectivity index (χ0v) is 12.4. The average molecular weight is 296 g/mol. The van der Waals surface area contributed by atoms with Crippen LogP contribution in [0.25, 0.3) is 0 Å². The van der Waals surface area contributed by atoms with E-state index in [1.807, 2.05) is 0 Å². The van der Waals surface area contributed by atoms with Gasteiger partial charge in [0.1, 0.15) is 0 Å². The molecule has 7 heteroatoms. The fourth-order valence-corrected chi connectivity index (χ4v) is 2.55. The Morgan fingerprint density at radius 1 is 1.24 bits per heavy atom. The van der Waals surface area contributed by atoms with Gasteiger partial charge in [-0.2, -0.15) is 4.98 Å². The van der Waals surface area contributed by atoms with Crippen molar-refractivity contribution < 1.29 is 14.4 Å². The first-order valence-electron chi connectivity index (χ1n) is 7.81. The summed E-state index contributed by atoms with van der Waals surface area (Å²) < 4.78 is 10.7. The van der Waals surface area contributed by atoms with Crippen LogP contribution in [0.3, 0.4) is 0 Å². The number of aromatic nitrogens is 2. The predicted octanol–water partition coefficient (Wildman–Crippen LogP) is 0.0735. The zero-order valence-electron chi connectivity index (χ0n) is 12.4. The Labute approximate surface area is 124 Å². The molecule has 0 aromatic carbocycles. The van der Waals surface area contributed by atoms with Crippen LogP contribution in [0.2, 0.25) is 0 Å². The summed E-state index contributed by atoms with van der Waals surface area (Å²) in [5.74, 6) is 2.02. The van der Waals surface area contributed by atoms with Crippen molar-refractivity contribution in [3.63, 3.8) is 0 Å². The van der Waals surface area contributed by atoms with E-state index in [1.54, 1.807) is 0 Å². The smallest absolute Gasteiger partial charge is 0.240 e. The van der Waals surface area contributed by atoms with E-state index in [0.29, 0.717) is 24.9 Å². The lowest BCUT2D eigenvalue weighted by atomic mass is 10.3. The zero-order chi connectivity index (χ0) is 14.5. The molecule has 7 nitrogen and oxygen atoms in total. The summed E-state index contributed by atoms with van der Waals surface area (Å²) in [6, 6.07) is 0. The summed E-state index contributed by atoms with van der Waals surface area (Å²) in [4.78, 5) is 9.01. The molecule has 21 heavy (non-hydrogen) atoms. The maximum absolute atomic E-state index is 9.21. The van der Waals surface area contributed by atoms with Gasteiger partial charge in [0.05, 0.1) is 26.4 Å². The van der Waals surface area contributed by atoms with Crippen molar-refractivity contribution in [1.29, 1.82) is 0 Å². The van der Waals surface area contributed by atoms with Gasteiger partial charge in [0.15, 0.2) is 5.82 Å². The van der Waals surface area contributed by atoms with Crippen LogP contribution in [0.4, 0.5) is 0 Å². The van der Waals surface area contributed by atoms with Crippen LogP contribution in [0.15, 0.2) is 4.52 Å². The molecule has 0 spiro atoms. The number of nitrogens with zero attached hydrogens (tertiary/aromatic N) is 4. The first kappa shape index (κ1) is 14.9. The predicted molar refractivity (Wildman–Crippen MR) is 75.9 cm³/mol. The normalized spacial score (nSPS) is 20.3. The largest absolute Gasteiger partial charge is 0.395 e. The van der Waals surface area contributed by atoms with Crippen molar-refractivity contribution in [3.8, 4) is 0 Å².